The van der Waals surface area contributed by atoms with E-state index < -0.39 is 0 Å². The number of nitrogens with zero attached hydrogens (tertiary/aromatic N) is 3. The first-order valence-electron chi connectivity index (χ1n) is 9.44. The number of hydrogen-bond donors (Lipinski definition) is 1. The van der Waals surface area contributed by atoms with E-state index in [-0.39, 0.29) is 0 Å². The van der Waals surface area contributed by atoms with Crippen molar-refractivity contribution in [2.24, 2.45) is 0 Å². The highest BCUT2D eigenvalue weighted by atomic mass is 16.5. The predicted molar refractivity (Wildman–Crippen MR) is 102 cm³/mol. The standard InChI is InChI=1S/C20H30N4O/c1-3-10-24-13-9-20(22-24)21-15-17-7-8-19(25-2)18(14-17)16-23-11-5-4-6-12-23/h7-9,13-14H,3-6,10-12,15-16H2,1-2H3,(H,21,22). The zero-order valence-electron chi connectivity index (χ0n) is 15.5. The number of anilines is 1. The molecule has 5 nitrogen and oxygen atoms in total. The van der Waals surface area contributed by atoms with Gasteiger partial charge in [0, 0.05) is 37.5 Å². The van der Waals surface area contributed by atoms with Crippen LogP contribution in [0.25, 0.3) is 0 Å². The van der Waals surface area contributed by atoms with Crippen molar-refractivity contribution in [3.63, 3.8) is 0 Å². The van der Waals surface area contributed by atoms with Gasteiger partial charge in [0.15, 0.2) is 0 Å². The Balaban J connectivity index is 1.63. The number of likely N-dealkylation sites (tertiary alicyclic amines) is 1. The zero-order valence-corrected chi connectivity index (χ0v) is 15.5. The molecule has 0 atom stereocenters. The molecule has 0 saturated carbocycles. The Bertz CT molecular complexity index is 661. The third-order valence-electron chi connectivity index (χ3n) is 4.75. The molecular weight excluding hydrogens is 312 g/mol. The number of aryl methyl sites for hydroxylation is 1. The van der Waals surface area contributed by atoms with E-state index in [1.165, 1.54) is 43.5 Å². The lowest BCUT2D eigenvalue weighted by atomic mass is 10.1. The van der Waals surface area contributed by atoms with Crippen molar-refractivity contribution in [1.29, 1.82) is 0 Å². The highest BCUT2D eigenvalue weighted by Crippen LogP contribution is 2.23. The Kier molecular flexibility index (Phi) is 6.34. The van der Waals surface area contributed by atoms with Gasteiger partial charge < -0.3 is 10.1 Å². The second-order valence-corrected chi connectivity index (χ2v) is 6.80. The van der Waals surface area contributed by atoms with Crippen LogP contribution in [-0.4, -0.2) is 34.9 Å². The van der Waals surface area contributed by atoms with Gasteiger partial charge in [0.2, 0.25) is 0 Å². The maximum Gasteiger partial charge on any atom is 0.148 e. The van der Waals surface area contributed by atoms with Gasteiger partial charge >= 0.3 is 0 Å². The molecule has 0 radical (unpaired) electrons. The van der Waals surface area contributed by atoms with Crippen molar-refractivity contribution in [2.45, 2.75) is 52.2 Å². The lowest BCUT2D eigenvalue weighted by Gasteiger charge is -2.27. The van der Waals surface area contributed by atoms with Crippen molar-refractivity contribution in [3.05, 3.63) is 41.6 Å². The Morgan fingerprint density at radius 2 is 2.00 bits per heavy atom. The van der Waals surface area contributed by atoms with Gasteiger partial charge in [0.05, 0.1) is 7.11 Å². The quantitative estimate of drug-likeness (QED) is 0.790. The van der Waals surface area contributed by atoms with Crippen LogP contribution in [0.1, 0.15) is 43.7 Å². The van der Waals surface area contributed by atoms with Gasteiger partial charge in [0.1, 0.15) is 11.6 Å². The molecule has 1 aliphatic rings. The molecule has 5 heteroatoms. The van der Waals surface area contributed by atoms with Crippen LogP contribution in [0.15, 0.2) is 30.5 Å². The van der Waals surface area contributed by atoms with Crippen LogP contribution < -0.4 is 10.1 Å². The summed E-state index contributed by atoms with van der Waals surface area (Å²) < 4.78 is 7.56. The SMILES string of the molecule is CCCn1ccc(NCc2ccc(OC)c(CN3CCCCC3)c2)n1. The minimum Gasteiger partial charge on any atom is -0.496 e. The van der Waals surface area contributed by atoms with Crippen LogP contribution in [0, 0.1) is 0 Å². The van der Waals surface area contributed by atoms with E-state index in [4.69, 9.17) is 4.74 Å². The molecule has 136 valence electrons. The Morgan fingerprint density at radius 1 is 1.16 bits per heavy atom. The highest BCUT2D eigenvalue weighted by molar-refractivity contribution is 5.40. The third kappa shape index (κ3) is 4.98. The van der Waals surface area contributed by atoms with Crippen molar-refractivity contribution >= 4 is 5.82 Å². The van der Waals surface area contributed by atoms with Gasteiger partial charge in [-0.25, -0.2) is 0 Å². The topological polar surface area (TPSA) is 42.3 Å². The average molecular weight is 342 g/mol. The molecule has 0 bridgehead atoms. The molecule has 1 saturated heterocycles. The molecule has 25 heavy (non-hydrogen) atoms. The molecule has 2 heterocycles. The maximum absolute atomic E-state index is 5.57. The number of nitrogens with one attached hydrogen (secondary N) is 1. The minimum atomic E-state index is 0.778. The minimum absolute atomic E-state index is 0.778. The lowest BCUT2D eigenvalue weighted by molar-refractivity contribution is 0.218. The number of methoxy groups -OCH3 is 1. The molecule has 1 aliphatic heterocycles. The molecule has 0 unspecified atom stereocenters. The first-order chi connectivity index (χ1) is 12.3. The number of hydrogen-bond acceptors (Lipinski definition) is 4. The molecule has 0 aliphatic carbocycles. The van der Waals surface area contributed by atoms with Crippen molar-refractivity contribution in [2.75, 3.05) is 25.5 Å². The second-order valence-electron chi connectivity index (χ2n) is 6.80. The van der Waals surface area contributed by atoms with Crippen LogP contribution >= 0.6 is 0 Å². The zero-order chi connectivity index (χ0) is 17.5. The van der Waals surface area contributed by atoms with E-state index in [1.54, 1.807) is 7.11 Å². The van der Waals surface area contributed by atoms with Crippen LogP contribution in [0.3, 0.4) is 0 Å². The summed E-state index contributed by atoms with van der Waals surface area (Å²) in [4.78, 5) is 2.53. The molecular formula is C20H30N4O. The van der Waals surface area contributed by atoms with E-state index in [9.17, 15) is 0 Å². The fraction of sp³-hybridized carbons (Fsp3) is 0.550. The molecule has 1 aromatic heterocycles. The molecule has 1 fully saturated rings. The van der Waals surface area contributed by atoms with Gasteiger partial charge in [-0.15, -0.1) is 0 Å². The summed E-state index contributed by atoms with van der Waals surface area (Å²) in [6, 6.07) is 8.53. The highest BCUT2D eigenvalue weighted by Gasteiger charge is 2.13. The molecule has 0 spiro atoms. The summed E-state index contributed by atoms with van der Waals surface area (Å²) in [5.41, 5.74) is 2.54. The molecule has 1 aromatic carbocycles. The molecule has 0 amide bonds. The number of ether oxygens (including phenoxy) is 1. The first kappa shape index (κ1) is 17.8. The normalized spacial score (nSPS) is 15.3. The number of benzene rings is 1. The molecule has 3 rings (SSSR count). The van der Waals surface area contributed by atoms with Gasteiger partial charge in [-0.2, -0.15) is 5.10 Å². The van der Waals surface area contributed by atoms with Crippen molar-refractivity contribution in [3.8, 4) is 5.75 Å². The number of rotatable bonds is 8. The van der Waals surface area contributed by atoms with Gasteiger partial charge in [0.25, 0.3) is 0 Å². The van der Waals surface area contributed by atoms with Crippen molar-refractivity contribution < 1.29 is 4.74 Å². The van der Waals surface area contributed by atoms with E-state index in [1.807, 2.05) is 16.9 Å². The van der Waals surface area contributed by atoms with Crippen molar-refractivity contribution in [1.82, 2.24) is 14.7 Å². The third-order valence-corrected chi connectivity index (χ3v) is 4.75. The Hall–Kier alpha value is -2.01. The summed E-state index contributed by atoms with van der Waals surface area (Å²) >= 11 is 0. The molecule has 2 aromatic rings. The fourth-order valence-electron chi connectivity index (χ4n) is 3.43. The average Bonchev–Trinajstić information content (AvgIpc) is 3.09. The number of aromatic nitrogens is 2. The van der Waals surface area contributed by atoms with Gasteiger partial charge in [-0.3, -0.25) is 9.58 Å². The monoisotopic (exact) mass is 342 g/mol. The van der Waals surface area contributed by atoms with Gasteiger partial charge in [-0.1, -0.05) is 19.4 Å². The lowest BCUT2D eigenvalue weighted by Crippen LogP contribution is -2.29. The Morgan fingerprint density at radius 3 is 2.76 bits per heavy atom. The van der Waals surface area contributed by atoms with Crippen LogP contribution in [0.2, 0.25) is 0 Å². The van der Waals surface area contributed by atoms with E-state index in [0.717, 1.165) is 37.6 Å². The van der Waals surface area contributed by atoms with Crippen LogP contribution in [0.5, 0.6) is 5.75 Å². The van der Waals surface area contributed by atoms with E-state index in [0.29, 0.717) is 0 Å². The first-order valence-corrected chi connectivity index (χ1v) is 9.44. The van der Waals surface area contributed by atoms with Crippen LogP contribution in [0.4, 0.5) is 5.82 Å². The number of piperidine rings is 1. The van der Waals surface area contributed by atoms with E-state index in [2.05, 4.69) is 40.4 Å². The fourth-order valence-corrected chi connectivity index (χ4v) is 3.43. The van der Waals surface area contributed by atoms with Gasteiger partial charge in [-0.05, 0) is 50.0 Å². The second kappa shape index (κ2) is 8.90. The van der Waals surface area contributed by atoms with E-state index >= 15 is 0 Å². The maximum atomic E-state index is 5.57. The van der Waals surface area contributed by atoms with Crippen LogP contribution in [-0.2, 0) is 19.6 Å². The summed E-state index contributed by atoms with van der Waals surface area (Å²) in [6.45, 7) is 7.27. The largest absolute Gasteiger partial charge is 0.496 e. The Labute approximate surface area is 151 Å². The summed E-state index contributed by atoms with van der Waals surface area (Å²) in [7, 11) is 1.76. The molecule has 1 N–H and O–H groups in total. The smallest absolute Gasteiger partial charge is 0.148 e. The predicted octanol–water partition coefficient (Wildman–Crippen LogP) is 3.90. The summed E-state index contributed by atoms with van der Waals surface area (Å²) in [6.07, 6.45) is 7.11. The summed E-state index contributed by atoms with van der Waals surface area (Å²) in [5, 5.41) is 7.96. The summed E-state index contributed by atoms with van der Waals surface area (Å²) in [5.74, 6) is 1.92.